The minimum atomic E-state index is -2.42. The number of imidazole rings is 1. The molecule has 13 N–H and O–H groups in total. The van der Waals surface area contributed by atoms with Crippen LogP contribution in [0.15, 0.2) is 12.5 Å². The van der Waals surface area contributed by atoms with Crippen LogP contribution in [0.3, 0.4) is 0 Å². The average molecular weight is 1060 g/mol. The molecule has 4 amide bonds. The first-order valence-corrected chi connectivity index (χ1v) is 21.6. The van der Waals surface area contributed by atoms with Crippen molar-refractivity contribution >= 4 is 35.6 Å². The summed E-state index contributed by atoms with van der Waals surface area (Å²) < 4.78 is 50.3. The van der Waals surface area contributed by atoms with Gasteiger partial charge in [0.05, 0.1) is 37.5 Å². The number of aromatic amines is 1. The van der Waals surface area contributed by atoms with Crippen LogP contribution in [0.1, 0.15) is 26.0 Å². The van der Waals surface area contributed by atoms with Gasteiger partial charge in [0.2, 0.25) is 17.7 Å². The summed E-state index contributed by atoms with van der Waals surface area (Å²) in [5, 5.41) is 121. The fraction of sp³-hybridized carbons (Fsp3) is 0.769. The maximum Gasteiger partial charge on any atom is 1.00 e. The Morgan fingerprint density at radius 1 is 0.681 bits per heavy atom. The molecule has 0 radical (unpaired) electrons. The van der Waals surface area contributed by atoms with Crippen LogP contribution in [0.25, 0.3) is 0 Å². The average Bonchev–Trinajstić information content (AvgIpc) is 3.83. The molecule has 21 atom stereocenters. The van der Waals surface area contributed by atoms with E-state index < -0.39 is 190 Å². The van der Waals surface area contributed by atoms with Gasteiger partial charge in [-0.25, -0.2) is 4.98 Å². The number of hydrogen-bond donors (Lipinski definition) is 13. The largest absolute Gasteiger partial charge is 1.00 e. The molecular formula is C39H58N6Na2O25. The van der Waals surface area contributed by atoms with Crippen molar-refractivity contribution in [1.82, 2.24) is 31.2 Å². The number of methoxy groups -OCH3 is 2. The van der Waals surface area contributed by atoms with Crippen molar-refractivity contribution in [2.24, 2.45) is 0 Å². The molecule has 31 nitrogen and oxygen atoms in total. The molecule has 5 rings (SSSR count). The number of ether oxygens (including phenoxy) is 9. The van der Waals surface area contributed by atoms with Crippen LogP contribution < -0.4 is 90.6 Å². The summed E-state index contributed by atoms with van der Waals surface area (Å²) in [4.78, 5) is 81.5. The number of carbonyl (C=O) groups is 6. The van der Waals surface area contributed by atoms with Gasteiger partial charge in [0.15, 0.2) is 31.3 Å². The fourth-order valence-corrected chi connectivity index (χ4v) is 8.21. The standard InChI is InChI=1S/C39H60N6O25.2Na/c1-12(48)43-19-27(21(51)16(9-46)64-36(19)63-4)66-39-26(56)24(54)30(32(70-39)35(60)61)68-37-20(44-13(2)49)28(22(52)17(10-47)65-37)67-38-25(55)23(53)29(62-3)31(69-38)33(57)41-6-5-18(50)45-15(34(58)59)7-14-8-40-11-42-14;;/h8,11,15-17,19-32,36-39,46-47,51-56H,5-7,9-10H2,1-4H3,(H,40,42)(H,41,57)(H,43,48)(H,44,49)(H,45,50)(H,58,59)(H,60,61);;/q;2*+1/p-2/t15-,16+,17+,19+,20+,21+,22+,23-,24+,25+,26+,27+,28+,29-,30-,31-,32-,36+,37-,38+,39+;;/m0../s1. The molecule has 4 aliphatic heterocycles. The quantitative estimate of drug-likeness (QED) is 0.0509. The summed E-state index contributed by atoms with van der Waals surface area (Å²) >= 11 is 0. The summed E-state index contributed by atoms with van der Waals surface area (Å²) in [5.74, 6) is -7.16. The van der Waals surface area contributed by atoms with Gasteiger partial charge in [0, 0.05) is 59.3 Å². The van der Waals surface area contributed by atoms with Crippen molar-refractivity contribution in [3.63, 3.8) is 0 Å². The number of aliphatic hydroxyl groups is 8. The van der Waals surface area contributed by atoms with Crippen molar-refractivity contribution in [1.29, 1.82) is 0 Å². The molecule has 0 aromatic carbocycles. The number of nitrogens with one attached hydrogen (secondary N) is 5. The number of aliphatic carboxylic acids is 2. The van der Waals surface area contributed by atoms with E-state index in [-0.39, 0.29) is 65.5 Å². The molecule has 4 fully saturated rings. The summed E-state index contributed by atoms with van der Waals surface area (Å²) in [5.41, 5.74) is 0.378. The molecule has 33 heteroatoms. The van der Waals surface area contributed by atoms with E-state index in [1.165, 1.54) is 12.5 Å². The van der Waals surface area contributed by atoms with Crippen LogP contribution in [0.4, 0.5) is 0 Å². The first-order chi connectivity index (χ1) is 33.1. The molecule has 5 heterocycles. The van der Waals surface area contributed by atoms with Crippen LogP contribution in [0, 0.1) is 0 Å². The number of carboxylic acid groups (broad SMARTS) is 2. The monoisotopic (exact) mass is 1060 g/mol. The van der Waals surface area contributed by atoms with Crippen LogP contribution in [-0.4, -0.2) is 249 Å². The summed E-state index contributed by atoms with van der Waals surface area (Å²) in [6, 6.07) is -4.70. The minimum Gasteiger partial charge on any atom is -0.548 e. The summed E-state index contributed by atoms with van der Waals surface area (Å²) in [6.07, 6.45) is -33.2. The molecule has 4 aliphatic rings. The van der Waals surface area contributed by atoms with Gasteiger partial charge >= 0.3 is 59.1 Å². The van der Waals surface area contributed by atoms with Gasteiger partial charge in [-0.05, 0) is 0 Å². The Morgan fingerprint density at radius 2 is 1.18 bits per heavy atom. The second-order valence-electron chi connectivity index (χ2n) is 16.5. The minimum absolute atomic E-state index is 0. The van der Waals surface area contributed by atoms with E-state index in [2.05, 4.69) is 31.2 Å². The topological polar surface area (TPSA) is 470 Å². The number of H-pyrrole nitrogens is 1. The normalized spacial score (nSPS) is 37.1. The van der Waals surface area contributed by atoms with Gasteiger partial charge < -0.3 is 130 Å². The number of aromatic nitrogens is 2. The third-order valence-electron chi connectivity index (χ3n) is 11.7. The van der Waals surface area contributed by atoms with Gasteiger partial charge in [-0.1, -0.05) is 0 Å². The third-order valence-corrected chi connectivity index (χ3v) is 11.7. The van der Waals surface area contributed by atoms with E-state index in [4.69, 9.17) is 42.6 Å². The summed E-state index contributed by atoms with van der Waals surface area (Å²) in [7, 11) is 2.21. The molecule has 0 aliphatic carbocycles. The Morgan fingerprint density at radius 3 is 1.64 bits per heavy atom. The molecule has 1 aromatic heterocycles. The Hall–Kier alpha value is -2.65. The molecule has 0 unspecified atom stereocenters. The number of rotatable bonds is 21. The first kappa shape index (κ1) is 63.6. The zero-order valence-electron chi connectivity index (χ0n) is 39.8. The number of nitrogens with zero attached hydrogens (tertiary/aromatic N) is 1. The van der Waals surface area contributed by atoms with Crippen molar-refractivity contribution in [2.75, 3.05) is 34.0 Å². The van der Waals surface area contributed by atoms with Crippen molar-refractivity contribution in [2.45, 2.75) is 155 Å². The van der Waals surface area contributed by atoms with E-state index in [1.807, 2.05) is 0 Å². The molecule has 72 heavy (non-hydrogen) atoms. The zero-order valence-corrected chi connectivity index (χ0v) is 43.8. The smallest absolute Gasteiger partial charge is 0.548 e. The van der Waals surface area contributed by atoms with Crippen LogP contribution in [0.2, 0.25) is 0 Å². The molecule has 1 aromatic rings. The Bertz CT molecular complexity index is 1930. The van der Waals surface area contributed by atoms with E-state index in [0.717, 1.165) is 28.1 Å². The Labute approximate surface area is 453 Å². The maximum atomic E-state index is 13.5. The van der Waals surface area contributed by atoms with Gasteiger partial charge in [-0.15, -0.1) is 0 Å². The van der Waals surface area contributed by atoms with Crippen LogP contribution >= 0.6 is 0 Å². The van der Waals surface area contributed by atoms with E-state index in [9.17, 15) is 79.8 Å². The number of hydrogen-bond acceptors (Lipinski definition) is 26. The predicted molar refractivity (Wildman–Crippen MR) is 214 cm³/mol. The van der Waals surface area contributed by atoms with E-state index in [0.29, 0.717) is 5.69 Å². The third kappa shape index (κ3) is 15.5. The number of aliphatic hydroxyl groups excluding tert-OH is 8. The van der Waals surface area contributed by atoms with Crippen LogP contribution in [0.5, 0.6) is 0 Å². The maximum absolute atomic E-state index is 13.5. The second-order valence-corrected chi connectivity index (χ2v) is 16.5. The SMILES string of the molecule is CO[C@@H]1O[C@H](CO)[C@@H](O)[C@H](O[C@@H]2O[C@H](C(=O)[O-])[C@@H](O[C@@H]3O[C@H](CO)[C@@H](O)[C@H](O[C@@H]4O[C@H](C(=O)NCCC(=O)N[C@@H](Cc5cnc[nH]5)C(=O)[O-])[C@@H](OC)[C@@H](O)[C@H]4O)[C@H]3NC(C)=O)[C@H](O)[C@H]2O)[C@H]1NC(C)=O.[Na+].[Na+]. The Balaban J connectivity index is 0.00000684. The second kappa shape index (κ2) is 29.0. The number of amides is 4. The molecular weight excluding hydrogens is 998 g/mol. The van der Waals surface area contributed by atoms with Crippen molar-refractivity contribution in [3.8, 4) is 0 Å². The summed E-state index contributed by atoms with van der Waals surface area (Å²) in [6.45, 7) is -0.228. The predicted octanol–water partition coefficient (Wildman–Crippen LogP) is -17.7. The molecule has 0 saturated carbocycles. The molecule has 0 spiro atoms. The van der Waals surface area contributed by atoms with Gasteiger partial charge in [-0.3, -0.25) is 19.2 Å². The van der Waals surface area contributed by atoms with Gasteiger partial charge in [0.1, 0.15) is 91.4 Å². The zero-order chi connectivity index (χ0) is 51.7. The van der Waals surface area contributed by atoms with E-state index >= 15 is 0 Å². The van der Waals surface area contributed by atoms with Crippen LogP contribution in [-0.2, 0) is 77.8 Å². The van der Waals surface area contributed by atoms with Gasteiger partial charge in [-0.2, -0.15) is 0 Å². The van der Waals surface area contributed by atoms with E-state index in [1.54, 1.807) is 0 Å². The van der Waals surface area contributed by atoms with Crippen molar-refractivity contribution in [3.05, 3.63) is 18.2 Å². The number of carbonyl (C=O) groups excluding carboxylic acids is 6. The van der Waals surface area contributed by atoms with Crippen molar-refractivity contribution < 1.29 is 182 Å². The first-order valence-electron chi connectivity index (χ1n) is 21.6. The molecule has 4 saturated heterocycles. The number of carboxylic acids is 2. The Kier molecular flexibility index (Phi) is 25.7. The molecule has 0 bridgehead atoms. The fourth-order valence-electron chi connectivity index (χ4n) is 8.21. The van der Waals surface area contributed by atoms with Gasteiger partial charge in [0.25, 0.3) is 5.91 Å². The molecule has 396 valence electrons.